The number of hydrogen-bond acceptors (Lipinski definition) is 10. The maximum absolute atomic E-state index is 13.0. The Balaban J connectivity index is 0.973. The second-order valence-electron chi connectivity index (χ2n) is 13.1. The monoisotopic (exact) mass is 799 g/mol. The fourth-order valence-electron chi connectivity index (χ4n) is 5.93. The van der Waals surface area contributed by atoms with Gasteiger partial charge in [0.25, 0.3) is 16.0 Å². The first-order chi connectivity index (χ1) is 28.1. The Hall–Kier alpha value is -6.90. The number of unbranched alkanes of at least 4 members (excludes halogenated alkanes) is 2. The van der Waals surface area contributed by atoms with Gasteiger partial charge < -0.3 is 19.9 Å². The molecule has 0 aliphatic carbocycles. The van der Waals surface area contributed by atoms with Crippen molar-refractivity contribution in [1.82, 2.24) is 15.3 Å². The lowest BCUT2D eigenvalue weighted by Gasteiger charge is -2.17. The molecule has 4 aromatic carbocycles. The number of benzene rings is 4. The quantitative estimate of drug-likeness (QED) is 0.0274. The van der Waals surface area contributed by atoms with Gasteiger partial charge in [-0.05, 0) is 66.3 Å². The van der Waals surface area contributed by atoms with E-state index in [1.807, 2.05) is 54.6 Å². The van der Waals surface area contributed by atoms with Crippen LogP contribution in [0.1, 0.15) is 40.7 Å². The number of nitrogens with zero attached hydrogens (tertiary/aromatic N) is 3. The second kappa shape index (κ2) is 19.8. The first-order valence-corrected chi connectivity index (χ1v) is 19.9. The van der Waals surface area contributed by atoms with Crippen LogP contribution in [-0.4, -0.2) is 65.4 Å². The van der Waals surface area contributed by atoms with Crippen molar-refractivity contribution >= 4 is 34.0 Å². The molecule has 0 aliphatic rings. The van der Waals surface area contributed by atoms with Crippen molar-refractivity contribution in [2.45, 2.75) is 36.6 Å². The SMILES string of the molecule is O=C(NC(Cc1ccccc1OCCCCCOc1cc(-c2ccccc2)cc(-c2ccccc2)n1)C(=O)O)c1ccc(N/N=C/c2ccccc2S(=O)(=O)O)nc1. The Labute approximate surface area is 336 Å². The van der Waals surface area contributed by atoms with Crippen LogP contribution < -0.4 is 20.2 Å². The second-order valence-corrected chi connectivity index (χ2v) is 14.5. The minimum Gasteiger partial charge on any atom is -0.493 e. The van der Waals surface area contributed by atoms with E-state index in [4.69, 9.17) is 14.5 Å². The Morgan fingerprint density at radius 2 is 1.43 bits per heavy atom. The summed E-state index contributed by atoms with van der Waals surface area (Å²) in [5.74, 6) is -0.536. The summed E-state index contributed by atoms with van der Waals surface area (Å²) in [5, 5.41) is 16.5. The number of nitrogens with one attached hydrogen (secondary N) is 2. The van der Waals surface area contributed by atoms with Gasteiger partial charge in [0.2, 0.25) is 5.88 Å². The molecule has 0 saturated carbocycles. The number of para-hydroxylation sites is 1. The molecule has 2 heterocycles. The molecule has 0 radical (unpaired) electrons. The van der Waals surface area contributed by atoms with Gasteiger partial charge in [-0.1, -0.05) is 97.1 Å². The molecule has 14 heteroatoms. The summed E-state index contributed by atoms with van der Waals surface area (Å²) in [6.45, 7) is 0.887. The number of amides is 1. The molecule has 1 atom stereocenters. The number of anilines is 1. The van der Waals surface area contributed by atoms with Gasteiger partial charge in [-0.2, -0.15) is 13.5 Å². The van der Waals surface area contributed by atoms with E-state index in [-0.39, 0.29) is 28.3 Å². The number of carbonyl (C=O) groups excluding carboxylic acids is 1. The molecule has 13 nitrogen and oxygen atoms in total. The van der Waals surface area contributed by atoms with Gasteiger partial charge in [-0.3, -0.25) is 14.8 Å². The van der Waals surface area contributed by atoms with Crippen LogP contribution in [-0.2, 0) is 21.3 Å². The van der Waals surface area contributed by atoms with Crippen LogP contribution in [0.5, 0.6) is 11.6 Å². The van der Waals surface area contributed by atoms with Crippen LogP contribution in [0.4, 0.5) is 5.82 Å². The number of carbonyl (C=O) groups is 2. The average Bonchev–Trinajstić information content (AvgIpc) is 3.24. The van der Waals surface area contributed by atoms with E-state index in [2.05, 4.69) is 39.0 Å². The minimum atomic E-state index is -4.45. The van der Waals surface area contributed by atoms with Crippen LogP contribution in [0.25, 0.3) is 22.4 Å². The van der Waals surface area contributed by atoms with Crippen LogP contribution >= 0.6 is 0 Å². The highest BCUT2D eigenvalue weighted by molar-refractivity contribution is 7.86. The molecule has 1 amide bonds. The highest BCUT2D eigenvalue weighted by Gasteiger charge is 2.23. The smallest absolute Gasteiger partial charge is 0.326 e. The van der Waals surface area contributed by atoms with Gasteiger partial charge in [-0.15, -0.1) is 0 Å². The maximum atomic E-state index is 13.0. The van der Waals surface area contributed by atoms with Crippen LogP contribution in [0, 0.1) is 0 Å². The van der Waals surface area contributed by atoms with Crippen molar-refractivity contribution in [2.24, 2.45) is 5.10 Å². The maximum Gasteiger partial charge on any atom is 0.326 e. The Bertz CT molecular complexity index is 2390. The van der Waals surface area contributed by atoms with E-state index in [9.17, 15) is 27.7 Å². The highest BCUT2D eigenvalue weighted by atomic mass is 32.2. The predicted octanol–water partition coefficient (Wildman–Crippen LogP) is 7.56. The van der Waals surface area contributed by atoms with Gasteiger partial charge >= 0.3 is 5.97 Å². The normalized spacial score (nSPS) is 11.8. The van der Waals surface area contributed by atoms with E-state index in [1.54, 1.807) is 30.3 Å². The fourth-order valence-corrected chi connectivity index (χ4v) is 6.60. The fraction of sp³-hybridized carbons (Fsp3) is 0.159. The van der Waals surface area contributed by atoms with Crippen molar-refractivity contribution in [3.8, 4) is 34.0 Å². The van der Waals surface area contributed by atoms with E-state index in [0.717, 1.165) is 41.6 Å². The molecule has 2 aromatic heterocycles. The van der Waals surface area contributed by atoms with E-state index < -0.39 is 28.0 Å². The predicted molar refractivity (Wildman–Crippen MR) is 221 cm³/mol. The first kappa shape index (κ1) is 40.8. The zero-order valence-corrected chi connectivity index (χ0v) is 32.1. The zero-order valence-electron chi connectivity index (χ0n) is 31.3. The Morgan fingerprint density at radius 3 is 2.14 bits per heavy atom. The summed E-state index contributed by atoms with van der Waals surface area (Å²) in [4.78, 5) is 33.9. The summed E-state index contributed by atoms with van der Waals surface area (Å²) in [6.07, 6.45) is 4.79. The number of pyridine rings is 2. The topological polar surface area (TPSA) is 189 Å². The molecule has 4 N–H and O–H groups in total. The van der Waals surface area contributed by atoms with Crippen molar-refractivity contribution in [3.63, 3.8) is 0 Å². The van der Waals surface area contributed by atoms with Gasteiger partial charge in [0.15, 0.2) is 0 Å². The van der Waals surface area contributed by atoms with Crippen molar-refractivity contribution in [1.29, 1.82) is 0 Å². The molecule has 0 fully saturated rings. The van der Waals surface area contributed by atoms with Crippen molar-refractivity contribution < 1.29 is 37.1 Å². The molecule has 0 aliphatic heterocycles. The summed E-state index contributed by atoms with van der Waals surface area (Å²) < 4.78 is 44.8. The number of hydrazone groups is 1. The largest absolute Gasteiger partial charge is 0.493 e. The third kappa shape index (κ3) is 11.6. The molecular weight excluding hydrogens is 759 g/mol. The summed E-state index contributed by atoms with van der Waals surface area (Å²) >= 11 is 0. The van der Waals surface area contributed by atoms with E-state index in [0.29, 0.717) is 30.4 Å². The van der Waals surface area contributed by atoms with Crippen LogP contribution in [0.2, 0.25) is 0 Å². The number of ether oxygens (including phenoxy) is 2. The molecule has 296 valence electrons. The third-order valence-electron chi connectivity index (χ3n) is 8.88. The lowest BCUT2D eigenvalue weighted by atomic mass is 10.0. The van der Waals surface area contributed by atoms with Gasteiger partial charge in [0.05, 0.1) is 30.7 Å². The summed E-state index contributed by atoms with van der Waals surface area (Å²) in [6, 6.07) is 38.6. The third-order valence-corrected chi connectivity index (χ3v) is 9.81. The minimum absolute atomic E-state index is 0.0160. The first-order valence-electron chi connectivity index (χ1n) is 18.5. The lowest BCUT2D eigenvalue weighted by Crippen LogP contribution is -2.42. The molecular formula is C44H41N5O8S. The van der Waals surface area contributed by atoms with Gasteiger partial charge in [0.1, 0.15) is 22.5 Å². The molecule has 1 unspecified atom stereocenters. The highest BCUT2D eigenvalue weighted by Crippen LogP contribution is 2.29. The molecule has 6 aromatic rings. The van der Waals surface area contributed by atoms with Crippen LogP contribution in [0.3, 0.4) is 0 Å². The number of hydrogen-bond donors (Lipinski definition) is 4. The number of carboxylic acid groups (broad SMARTS) is 1. The van der Waals surface area contributed by atoms with Crippen LogP contribution in [0.15, 0.2) is 150 Å². The molecule has 0 saturated heterocycles. The lowest BCUT2D eigenvalue weighted by molar-refractivity contribution is -0.139. The summed E-state index contributed by atoms with van der Waals surface area (Å²) in [7, 11) is -4.45. The molecule has 0 spiro atoms. The molecule has 6 rings (SSSR count). The molecule has 0 bridgehead atoms. The number of aromatic nitrogens is 2. The zero-order chi connectivity index (χ0) is 40.7. The Kier molecular flexibility index (Phi) is 13.9. The van der Waals surface area contributed by atoms with E-state index >= 15 is 0 Å². The summed E-state index contributed by atoms with van der Waals surface area (Å²) in [5.41, 5.74) is 7.46. The Morgan fingerprint density at radius 1 is 0.759 bits per heavy atom. The van der Waals surface area contributed by atoms with Gasteiger partial charge in [-0.25, -0.2) is 14.8 Å². The van der Waals surface area contributed by atoms with E-state index in [1.165, 1.54) is 42.7 Å². The number of rotatable bonds is 19. The molecule has 58 heavy (non-hydrogen) atoms. The average molecular weight is 800 g/mol. The van der Waals surface area contributed by atoms with Crippen molar-refractivity contribution in [3.05, 3.63) is 156 Å². The number of aliphatic carboxylic acids is 1. The van der Waals surface area contributed by atoms with Gasteiger partial charge in [0, 0.05) is 29.8 Å². The number of carboxylic acids is 1. The van der Waals surface area contributed by atoms with Crippen molar-refractivity contribution in [2.75, 3.05) is 18.6 Å². The standard InChI is InChI=1S/C44H41N5O8S/c50-43(35-22-23-41(45-29-35)49-46-30-34-19-9-11-21-40(34)58(53,54)55)48-38(44(51)52)26-33-18-8-10-20-39(33)56-24-12-3-13-25-57-42-28-36(31-14-4-1-5-15-31)27-37(47-42)32-16-6-2-7-17-32/h1-2,4-11,14-23,27-30,38H,3,12-13,24-26H2,(H,45,49)(H,48,50)(H,51,52)(H,53,54,55)/b46-30+.